The van der Waals surface area contributed by atoms with E-state index in [1.807, 2.05) is 6.92 Å². The van der Waals surface area contributed by atoms with E-state index in [1.165, 1.54) is 6.08 Å². The molecule has 5 heteroatoms. The molecule has 1 aliphatic carbocycles. The first-order valence-corrected chi connectivity index (χ1v) is 8.54. The van der Waals surface area contributed by atoms with E-state index < -0.39 is 5.60 Å². The molecule has 3 aliphatic rings. The first kappa shape index (κ1) is 17.7. The molecule has 0 spiro atoms. The lowest BCUT2D eigenvalue weighted by molar-refractivity contribution is -0.152. The summed E-state index contributed by atoms with van der Waals surface area (Å²) in [6, 6.07) is 0. The van der Waals surface area contributed by atoms with Gasteiger partial charge in [-0.25, -0.2) is 9.59 Å². The number of ether oxygens (including phenoxy) is 2. The molecule has 25 heavy (non-hydrogen) atoms. The molecule has 0 radical (unpaired) electrons. The lowest BCUT2D eigenvalue weighted by atomic mass is 9.64. The zero-order chi connectivity index (χ0) is 18.4. The van der Waals surface area contributed by atoms with Crippen molar-refractivity contribution in [3.8, 4) is 0 Å². The van der Waals surface area contributed by atoms with Gasteiger partial charge in [0.2, 0.25) is 0 Å². The smallest absolute Gasteiger partial charge is 0.334 e. The van der Waals surface area contributed by atoms with Crippen molar-refractivity contribution in [2.45, 2.75) is 38.9 Å². The van der Waals surface area contributed by atoms with Gasteiger partial charge in [-0.2, -0.15) is 0 Å². The maximum Gasteiger partial charge on any atom is 0.334 e. The topological polar surface area (TPSA) is 72.8 Å². The summed E-state index contributed by atoms with van der Waals surface area (Å²) in [6.45, 7) is 9.67. The summed E-state index contributed by atoms with van der Waals surface area (Å²) in [5, 5.41) is 9.80. The Bertz CT molecular complexity index is 704. The number of esters is 2. The van der Waals surface area contributed by atoms with Gasteiger partial charge in [0.05, 0.1) is 12.2 Å². The molecule has 1 saturated heterocycles. The van der Waals surface area contributed by atoms with Crippen molar-refractivity contribution in [1.29, 1.82) is 0 Å². The molecule has 4 atom stereocenters. The van der Waals surface area contributed by atoms with Gasteiger partial charge in [0.1, 0.15) is 6.10 Å². The van der Waals surface area contributed by atoms with Crippen LogP contribution < -0.4 is 0 Å². The van der Waals surface area contributed by atoms with Gasteiger partial charge in [-0.1, -0.05) is 30.4 Å². The van der Waals surface area contributed by atoms with Crippen molar-refractivity contribution in [1.82, 2.24) is 0 Å². The number of carbonyl (C=O) groups is 2. The average Bonchev–Trinajstić information content (AvgIpc) is 2.50. The minimum Gasteiger partial charge on any atom is -0.462 e. The van der Waals surface area contributed by atoms with E-state index >= 15 is 0 Å². The second kappa shape index (κ2) is 6.30. The van der Waals surface area contributed by atoms with Gasteiger partial charge in [-0.3, -0.25) is 0 Å². The van der Waals surface area contributed by atoms with E-state index in [-0.39, 0.29) is 42.4 Å². The molecule has 0 aromatic rings. The average molecular weight is 344 g/mol. The molecule has 2 fully saturated rings. The quantitative estimate of drug-likeness (QED) is 0.473. The number of rotatable bonds is 2. The highest BCUT2D eigenvalue weighted by atomic mass is 16.5. The van der Waals surface area contributed by atoms with Crippen molar-refractivity contribution < 1.29 is 24.2 Å². The van der Waals surface area contributed by atoms with Crippen LogP contribution in [0.15, 0.2) is 47.6 Å². The second-order valence-electron chi connectivity index (χ2n) is 7.61. The summed E-state index contributed by atoms with van der Waals surface area (Å²) in [7, 11) is 0. The minimum atomic E-state index is -0.951. The highest BCUT2D eigenvalue weighted by molar-refractivity contribution is 5.90. The van der Waals surface area contributed by atoms with Crippen LogP contribution in [-0.2, 0) is 19.1 Å². The predicted octanol–water partition coefficient (Wildman–Crippen LogP) is 2.48. The van der Waals surface area contributed by atoms with Crippen LogP contribution in [0.4, 0.5) is 0 Å². The second-order valence-corrected chi connectivity index (χ2v) is 7.61. The number of aliphatic hydroxyl groups is 1. The van der Waals surface area contributed by atoms with Crippen molar-refractivity contribution >= 4 is 11.9 Å². The maximum atomic E-state index is 12.3. The predicted molar refractivity (Wildman–Crippen MR) is 92.3 cm³/mol. The van der Waals surface area contributed by atoms with E-state index in [1.54, 1.807) is 32.1 Å². The Kier molecular flexibility index (Phi) is 4.45. The van der Waals surface area contributed by atoms with Crippen molar-refractivity contribution in [2.75, 3.05) is 6.61 Å². The number of carbonyl (C=O) groups excluding carboxylic acids is 2. The van der Waals surface area contributed by atoms with E-state index in [4.69, 9.17) is 9.47 Å². The lowest BCUT2D eigenvalue weighted by Gasteiger charge is -2.46. The molecular formula is C20H24O5. The molecule has 2 aliphatic heterocycles. The lowest BCUT2D eigenvalue weighted by Crippen LogP contribution is -2.47. The largest absolute Gasteiger partial charge is 0.462 e. The third-order valence-corrected chi connectivity index (χ3v) is 5.18. The molecule has 3 rings (SSSR count). The molecule has 2 heterocycles. The first-order valence-electron chi connectivity index (χ1n) is 8.54. The fourth-order valence-electron chi connectivity index (χ4n) is 3.87. The summed E-state index contributed by atoms with van der Waals surface area (Å²) in [5.41, 5.74) is 1.41. The van der Waals surface area contributed by atoms with Gasteiger partial charge < -0.3 is 14.6 Å². The van der Waals surface area contributed by atoms with Crippen LogP contribution >= 0.6 is 0 Å². The van der Waals surface area contributed by atoms with Crippen LogP contribution in [0.5, 0.6) is 0 Å². The molecule has 5 nitrogen and oxygen atoms in total. The molecule has 1 N–H and O–H groups in total. The Labute approximate surface area is 147 Å². The SMILES string of the molecule is C=C1C2COC(=O)/C(=C/C=C/C(C)(C)O)[C@@H]2C[C@@H]2C(C)=CC(=O)O[C@H]12. The summed E-state index contributed by atoms with van der Waals surface area (Å²) in [6.07, 6.45) is 6.93. The molecule has 0 aromatic carbocycles. The number of fused-ring (bicyclic) bond motifs is 2. The highest BCUT2D eigenvalue weighted by Crippen LogP contribution is 2.48. The van der Waals surface area contributed by atoms with Crippen LogP contribution in [0.1, 0.15) is 27.2 Å². The number of hydrogen-bond acceptors (Lipinski definition) is 5. The van der Waals surface area contributed by atoms with Gasteiger partial charge in [0.25, 0.3) is 0 Å². The van der Waals surface area contributed by atoms with E-state index in [0.717, 1.165) is 11.1 Å². The van der Waals surface area contributed by atoms with Gasteiger partial charge >= 0.3 is 11.9 Å². The van der Waals surface area contributed by atoms with Crippen LogP contribution in [-0.4, -0.2) is 35.4 Å². The fraction of sp³-hybridized carbons (Fsp3) is 0.500. The van der Waals surface area contributed by atoms with E-state index in [9.17, 15) is 14.7 Å². The molecule has 1 saturated carbocycles. The van der Waals surface area contributed by atoms with Gasteiger partial charge in [0.15, 0.2) is 0 Å². The zero-order valence-corrected chi connectivity index (χ0v) is 14.8. The van der Waals surface area contributed by atoms with Gasteiger partial charge in [-0.15, -0.1) is 0 Å². The third kappa shape index (κ3) is 3.47. The molecule has 0 amide bonds. The highest BCUT2D eigenvalue weighted by Gasteiger charge is 2.48. The molecule has 0 aromatic heterocycles. The van der Waals surface area contributed by atoms with Crippen LogP contribution in [0.25, 0.3) is 0 Å². The summed E-state index contributed by atoms with van der Waals surface area (Å²) < 4.78 is 10.8. The molecular weight excluding hydrogens is 320 g/mol. The maximum absolute atomic E-state index is 12.3. The fourth-order valence-corrected chi connectivity index (χ4v) is 3.87. The number of allylic oxidation sites excluding steroid dienone is 2. The zero-order valence-electron chi connectivity index (χ0n) is 14.8. The molecule has 0 bridgehead atoms. The van der Waals surface area contributed by atoms with Crippen LogP contribution in [0, 0.1) is 17.8 Å². The summed E-state index contributed by atoms with van der Waals surface area (Å²) in [4.78, 5) is 24.0. The van der Waals surface area contributed by atoms with Crippen molar-refractivity contribution in [2.24, 2.45) is 17.8 Å². The van der Waals surface area contributed by atoms with Gasteiger partial charge in [-0.05, 0) is 32.8 Å². The normalized spacial score (nSPS) is 34.3. The Morgan fingerprint density at radius 2 is 2.00 bits per heavy atom. The van der Waals surface area contributed by atoms with E-state index in [0.29, 0.717) is 12.0 Å². The first-order chi connectivity index (χ1) is 11.7. The van der Waals surface area contributed by atoms with Crippen LogP contribution in [0.2, 0.25) is 0 Å². The number of hydrogen-bond donors (Lipinski definition) is 1. The summed E-state index contributed by atoms with van der Waals surface area (Å²) in [5.74, 6) is -0.711. The molecule has 134 valence electrons. The standard InChI is InChI=1S/C20H24O5/c1-11-8-17(21)25-18-12(2)16-10-24-19(22)13(15(16)9-14(11)18)6-5-7-20(3,4)23/h5-8,14-16,18,23H,2,9-10H2,1,3-4H3/b7-5+,13-6+/t14-,15+,16?,18-/m1/s1. The Morgan fingerprint density at radius 3 is 2.68 bits per heavy atom. The Balaban J connectivity index is 1.93. The van der Waals surface area contributed by atoms with Crippen molar-refractivity contribution in [3.63, 3.8) is 0 Å². The van der Waals surface area contributed by atoms with E-state index in [2.05, 4.69) is 6.58 Å². The Morgan fingerprint density at radius 1 is 1.28 bits per heavy atom. The van der Waals surface area contributed by atoms with Gasteiger partial charge in [0, 0.05) is 29.4 Å². The third-order valence-electron chi connectivity index (χ3n) is 5.18. The number of cyclic esters (lactones) is 1. The minimum absolute atomic E-state index is 0.0263. The van der Waals surface area contributed by atoms with Crippen LogP contribution in [0.3, 0.4) is 0 Å². The summed E-state index contributed by atoms with van der Waals surface area (Å²) >= 11 is 0. The molecule has 1 unspecified atom stereocenters. The van der Waals surface area contributed by atoms with Crippen molar-refractivity contribution in [3.05, 3.63) is 47.6 Å². The Hall–Kier alpha value is -2.14. The monoisotopic (exact) mass is 344 g/mol.